The first-order chi connectivity index (χ1) is 16.4. The molecule has 8 nitrogen and oxygen atoms in total. The molecule has 178 valence electrons. The summed E-state index contributed by atoms with van der Waals surface area (Å²) in [6, 6.07) is 13.6. The van der Waals surface area contributed by atoms with Crippen LogP contribution >= 0.6 is 0 Å². The van der Waals surface area contributed by atoms with E-state index in [1.807, 2.05) is 48.5 Å². The lowest BCUT2D eigenvalue weighted by molar-refractivity contribution is -0.142. The lowest BCUT2D eigenvalue weighted by atomic mass is 9.98. The molecule has 1 aliphatic rings. The Labute approximate surface area is 198 Å². The minimum absolute atomic E-state index is 0.0589. The van der Waals surface area contributed by atoms with Gasteiger partial charge in [0.05, 0.1) is 6.10 Å². The molecule has 8 heteroatoms. The molecule has 0 radical (unpaired) electrons. The molecule has 0 bridgehead atoms. The molecular weight excluding hydrogens is 436 g/mol. The smallest absolute Gasteiger partial charge is 0.407 e. The van der Waals surface area contributed by atoms with E-state index in [-0.39, 0.29) is 18.9 Å². The van der Waals surface area contributed by atoms with Crippen molar-refractivity contribution in [2.45, 2.75) is 44.4 Å². The third-order valence-electron chi connectivity index (χ3n) is 5.84. The van der Waals surface area contributed by atoms with Crippen molar-refractivity contribution in [3.05, 3.63) is 59.7 Å². The molecule has 1 unspecified atom stereocenters. The number of amides is 2. The number of carboxylic acids is 1. The number of aliphatic carboxylic acids is 1. The summed E-state index contributed by atoms with van der Waals surface area (Å²) >= 11 is 0. The first-order valence-electron chi connectivity index (χ1n) is 10.9. The van der Waals surface area contributed by atoms with Crippen LogP contribution in [0.3, 0.4) is 0 Å². The highest BCUT2D eigenvalue weighted by atomic mass is 16.5. The fourth-order valence-corrected chi connectivity index (χ4v) is 3.96. The van der Waals surface area contributed by atoms with Crippen molar-refractivity contribution in [2.75, 3.05) is 13.7 Å². The van der Waals surface area contributed by atoms with Crippen molar-refractivity contribution < 1.29 is 29.0 Å². The predicted octanol–water partition coefficient (Wildman–Crippen LogP) is 2.91. The van der Waals surface area contributed by atoms with Gasteiger partial charge in [0.25, 0.3) is 0 Å². The van der Waals surface area contributed by atoms with Crippen LogP contribution in [-0.2, 0) is 19.1 Å². The highest BCUT2D eigenvalue weighted by Crippen LogP contribution is 2.44. The topological polar surface area (TPSA) is 114 Å². The summed E-state index contributed by atoms with van der Waals surface area (Å²) in [6.45, 7) is 3.25. The summed E-state index contributed by atoms with van der Waals surface area (Å²) < 4.78 is 10.7. The normalized spacial score (nSPS) is 14.4. The Morgan fingerprint density at radius 1 is 1.03 bits per heavy atom. The van der Waals surface area contributed by atoms with E-state index >= 15 is 0 Å². The average Bonchev–Trinajstić information content (AvgIpc) is 3.16. The Kier molecular flexibility index (Phi) is 8.28. The second-order valence-corrected chi connectivity index (χ2v) is 7.92. The Hall–Kier alpha value is -3.83. The van der Waals surface area contributed by atoms with Gasteiger partial charge in [-0.25, -0.2) is 9.59 Å². The number of ether oxygens (including phenoxy) is 2. The standard InChI is InChI=1S/C26H28N2O6/c1-4-5-14-22(25(30)31)27-24(29)23(16(2)33-3)28-26(32)34-15-21-19-12-8-6-10-17(19)18-11-7-9-13-20(18)21/h6-13,16,21-23H,14-15H2,1-3H3,(H,27,29)(H,28,32)(H,30,31)/t16-,22?,23+/m1/s1. The Balaban J connectivity index is 1.68. The molecule has 34 heavy (non-hydrogen) atoms. The fraction of sp³-hybridized carbons (Fsp3) is 0.346. The quantitative estimate of drug-likeness (QED) is 0.492. The molecule has 0 fully saturated rings. The SMILES string of the molecule is CC#CCC(NC(=O)[C@@H](NC(=O)OCC1c2ccccc2-c2ccccc21)[C@@H](C)OC)C(=O)O. The fourth-order valence-electron chi connectivity index (χ4n) is 3.96. The van der Waals surface area contributed by atoms with Crippen LogP contribution in [0.5, 0.6) is 0 Å². The molecule has 0 saturated carbocycles. The third-order valence-corrected chi connectivity index (χ3v) is 5.84. The van der Waals surface area contributed by atoms with Crippen LogP contribution < -0.4 is 10.6 Å². The maximum Gasteiger partial charge on any atom is 0.407 e. The van der Waals surface area contributed by atoms with Crippen molar-refractivity contribution in [3.8, 4) is 23.0 Å². The number of benzene rings is 2. The van der Waals surface area contributed by atoms with Crippen molar-refractivity contribution in [2.24, 2.45) is 0 Å². The molecule has 3 rings (SSSR count). The molecule has 0 aliphatic heterocycles. The van der Waals surface area contributed by atoms with E-state index in [0.717, 1.165) is 22.3 Å². The number of methoxy groups -OCH3 is 1. The number of hydrogen-bond donors (Lipinski definition) is 3. The van der Waals surface area contributed by atoms with Crippen LogP contribution in [0, 0.1) is 11.8 Å². The van der Waals surface area contributed by atoms with E-state index < -0.39 is 36.2 Å². The summed E-state index contributed by atoms with van der Waals surface area (Å²) in [4.78, 5) is 36.9. The van der Waals surface area contributed by atoms with E-state index in [2.05, 4.69) is 22.5 Å². The van der Waals surface area contributed by atoms with Gasteiger partial charge >= 0.3 is 12.1 Å². The van der Waals surface area contributed by atoms with Gasteiger partial charge in [0, 0.05) is 19.4 Å². The third kappa shape index (κ3) is 5.56. The second kappa shape index (κ2) is 11.3. The first-order valence-corrected chi connectivity index (χ1v) is 10.9. The lowest BCUT2D eigenvalue weighted by Gasteiger charge is -2.25. The van der Waals surface area contributed by atoms with Crippen LogP contribution in [0.25, 0.3) is 11.1 Å². The van der Waals surface area contributed by atoms with Gasteiger partial charge in [0.15, 0.2) is 0 Å². The number of alkyl carbamates (subject to hydrolysis) is 1. The number of nitrogens with one attached hydrogen (secondary N) is 2. The van der Waals surface area contributed by atoms with Gasteiger partial charge in [-0.05, 0) is 36.1 Å². The minimum Gasteiger partial charge on any atom is -0.480 e. The molecule has 0 aromatic heterocycles. The molecule has 3 atom stereocenters. The Morgan fingerprint density at radius 3 is 2.15 bits per heavy atom. The average molecular weight is 465 g/mol. The van der Waals surface area contributed by atoms with E-state index in [1.54, 1.807) is 13.8 Å². The Morgan fingerprint density at radius 2 is 1.62 bits per heavy atom. The highest BCUT2D eigenvalue weighted by molar-refractivity contribution is 5.90. The van der Waals surface area contributed by atoms with Crippen molar-refractivity contribution in [1.82, 2.24) is 10.6 Å². The summed E-state index contributed by atoms with van der Waals surface area (Å²) in [7, 11) is 1.39. The maximum absolute atomic E-state index is 12.8. The van der Waals surface area contributed by atoms with Crippen LogP contribution in [0.2, 0.25) is 0 Å². The van der Waals surface area contributed by atoms with Gasteiger partial charge in [0.1, 0.15) is 18.7 Å². The van der Waals surface area contributed by atoms with Gasteiger partial charge in [-0.3, -0.25) is 4.79 Å². The molecule has 0 heterocycles. The zero-order valence-corrected chi connectivity index (χ0v) is 19.3. The molecule has 0 spiro atoms. The van der Waals surface area contributed by atoms with Crippen LogP contribution in [0.15, 0.2) is 48.5 Å². The lowest BCUT2D eigenvalue weighted by Crippen LogP contribution is -2.56. The van der Waals surface area contributed by atoms with Crippen LogP contribution in [0.1, 0.15) is 37.3 Å². The van der Waals surface area contributed by atoms with Crippen molar-refractivity contribution >= 4 is 18.0 Å². The van der Waals surface area contributed by atoms with E-state index in [0.29, 0.717) is 0 Å². The molecule has 2 aromatic rings. The first kappa shape index (κ1) is 24.8. The Bertz CT molecular complexity index is 1070. The van der Waals surface area contributed by atoms with Gasteiger partial charge in [0.2, 0.25) is 5.91 Å². The number of carbonyl (C=O) groups is 3. The number of hydrogen-bond acceptors (Lipinski definition) is 5. The van der Waals surface area contributed by atoms with Crippen molar-refractivity contribution in [3.63, 3.8) is 0 Å². The molecule has 1 aliphatic carbocycles. The number of carboxylic acid groups (broad SMARTS) is 1. The van der Waals surface area contributed by atoms with E-state index in [9.17, 15) is 19.5 Å². The number of fused-ring (bicyclic) bond motifs is 3. The zero-order valence-electron chi connectivity index (χ0n) is 19.3. The summed E-state index contributed by atoms with van der Waals surface area (Å²) in [5.41, 5.74) is 4.34. The van der Waals surface area contributed by atoms with E-state index in [4.69, 9.17) is 9.47 Å². The number of rotatable bonds is 9. The van der Waals surface area contributed by atoms with E-state index in [1.165, 1.54) is 7.11 Å². The summed E-state index contributed by atoms with van der Waals surface area (Å²) in [6.07, 6.45) is -1.59. The molecule has 2 aromatic carbocycles. The monoisotopic (exact) mass is 464 g/mol. The summed E-state index contributed by atoms with van der Waals surface area (Å²) in [5.74, 6) is 3.18. The second-order valence-electron chi connectivity index (χ2n) is 7.92. The predicted molar refractivity (Wildman–Crippen MR) is 126 cm³/mol. The van der Waals surface area contributed by atoms with Gasteiger partial charge in [-0.15, -0.1) is 11.8 Å². The number of carbonyl (C=O) groups excluding carboxylic acids is 2. The van der Waals surface area contributed by atoms with Crippen LogP contribution in [0.4, 0.5) is 4.79 Å². The highest BCUT2D eigenvalue weighted by Gasteiger charge is 2.32. The van der Waals surface area contributed by atoms with Crippen LogP contribution in [-0.4, -0.2) is 55.0 Å². The largest absolute Gasteiger partial charge is 0.480 e. The van der Waals surface area contributed by atoms with Gasteiger partial charge in [-0.2, -0.15) is 0 Å². The molecule has 0 saturated heterocycles. The molecular formula is C26H28N2O6. The zero-order chi connectivity index (χ0) is 24.7. The summed E-state index contributed by atoms with van der Waals surface area (Å²) in [5, 5.41) is 14.3. The maximum atomic E-state index is 12.8. The molecule has 3 N–H and O–H groups in total. The van der Waals surface area contributed by atoms with Crippen molar-refractivity contribution in [1.29, 1.82) is 0 Å². The molecule has 2 amide bonds. The minimum atomic E-state index is -1.22. The van der Waals surface area contributed by atoms with Gasteiger partial charge < -0.3 is 25.2 Å². The van der Waals surface area contributed by atoms with Gasteiger partial charge in [-0.1, -0.05) is 48.5 Å².